The lowest BCUT2D eigenvalue weighted by Gasteiger charge is -2.32. The van der Waals surface area contributed by atoms with Crippen molar-refractivity contribution in [2.24, 2.45) is 5.92 Å². The number of esters is 1. The summed E-state index contributed by atoms with van der Waals surface area (Å²) in [6.45, 7) is 4.11. The fraction of sp³-hybridized carbons (Fsp3) is 0.500. The molecule has 9 nitrogen and oxygen atoms in total. The molecule has 160 valence electrons. The molecule has 0 spiro atoms. The number of piperidine rings is 1. The molecule has 4 rings (SSSR count). The first-order valence-corrected chi connectivity index (χ1v) is 10.6. The van der Waals surface area contributed by atoms with Gasteiger partial charge in [-0.3, -0.25) is 4.79 Å². The van der Waals surface area contributed by atoms with Crippen molar-refractivity contribution in [2.45, 2.75) is 32.5 Å². The van der Waals surface area contributed by atoms with Crippen molar-refractivity contribution in [3.05, 3.63) is 34.4 Å². The molecule has 1 atom stereocenters. The number of ether oxygens (including phenoxy) is 2. The lowest BCUT2D eigenvalue weighted by molar-refractivity contribution is -0.121. The summed E-state index contributed by atoms with van der Waals surface area (Å²) >= 11 is 1.09. The average molecular weight is 433 g/mol. The maximum atomic E-state index is 12.5. The third-order valence-corrected chi connectivity index (χ3v) is 6.39. The first-order valence-electron chi connectivity index (χ1n) is 9.84. The van der Waals surface area contributed by atoms with Crippen molar-refractivity contribution in [1.29, 1.82) is 0 Å². The first-order chi connectivity index (χ1) is 14.5. The molecular weight excluding hydrogens is 408 g/mol. The van der Waals surface area contributed by atoms with Crippen LogP contribution in [0.25, 0.3) is 0 Å². The SMILES string of the molecule is COc1nsc(NC(=O)C2CCN(CC(O)c3ccc4c(c3C)COC4=O)CC2)n1. The van der Waals surface area contributed by atoms with Crippen molar-refractivity contribution >= 4 is 28.5 Å². The minimum absolute atomic E-state index is 0.0619. The zero-order valence-electron chi connectivity index (χ0n) is 16.9. The van der Waals surface area contributed by atoms with Gasteiger partial charge in [0.15, 0.2) is 0 Å². The Morgan fingerprint density at radius 2 is 2.20 bits per heavy atom. The number of hydrogen-bond acceptors (Lipinski definition) is 9. The zero-order chi connectivity index (χ0) is 21.3. The van der Waals surface area contributed by atoms with E-state index < -0.39 is 6.10 Å². The Morgan fingerprint density at radius 3 is 2.90 bits per heavy atom. The molecule has 0 radical (unpaired) electrons. The van der Waals surface area contributed by atoms with Crippen molar-refractivity contribution in [3.63, 3.8) is 0 Å². The Hall–Kier alpha value is -2.56. The maximum absolute atomic E-state index is 12.5. The van der Waals surface area contributed by atoms with Crippen LogP contribution in [0.15, 0.2) is 12.1 Å². The van der Waals surface area contributed by atoms with Gasteiger partial charge in [-0.05, 0) is 50.0 Å². The quantitative estimate of drug-likeness (QED) is 0.666. The lowest BCUT2D eigenvalue weighted by atomic mass is 9.93. The summed E-state index contributed by atoms with van der Waals surface area (Å²) in [4.78, 5) is 30.4. The number of amides is 1. The highest BCUT2D eigenvalue weighted by molar-refractivity contribution is 7.10. The monoisotopic (exact) mass is 432 g/mol. The summed E-state index contributed by atoms with van der Waals surface area (Å²) in [6, 6.07) is 3.79. The zero-order valence-corrected chi connectivity index (χ0v) is 17.7. The largest absolute Gasteiger partial charge is 0.466 e. The molecule has 1 unspecified atom stereocenters. The lowest BCUT2D eigenvalue weighted by Crippen LogP contribution is -2.40. The second kappa shape index (κ2) is 8.66. The Balaban J connectivity index is 1.30. The highest BCUT2D eigenvalue weighted by atomic mass is 32.1. The number of cyclic esters (lactones) is 1. The molecule has 1 aromatic heterocycles. The number of hydrogen-bond donors (Lipinski definition) is 2. The molecule has 0 aliphatic carbocycles. The van der Waals surface area contributed by atoms with Crippen LogP contribution < -0.4 is 10.1 Å². The molecule has 2 N–H and O–H groups in total. The predicted octanol–water partition coefficient (Wildman–Crippen LogP) is 1.91. The van der Waals surface area contributed by atoms with E-state index in [4.69, 9.17) is 9.47 Å². The van der Waals surface area contributed by atoms with Crippen molar-refractivity contribution in [3.8, 4) is 6.01 Å². The highest BCUT2D eigenvalue weighted by Crippen LogP contribution is 2.30. The van der Waals surface area contributed by atoms with Gasteiger partial charge in [-0.15, -0.1) is 4.37 Å². The maximum Gasteiger partial charge on any atom is 0.338 e. The number of carbonyl (C=O) groups is 2. The summed E-state index contributed by atoms with van der Waals surface area (Å²) < 4.78 is 14.0. The van der Waals surface area contributed by atoms with Crippen LogP contribution in [0, 0.1) is 12.8 Å². The van der Waals surface area contributed by atoms with Gasteiger partial charge in [-0.2, -0.15) is 4.98 Å². The number of rotatable bonds is 6. The number of nitrogens with one attached hydrogen (secondary N) is 1. The van der Waals surface area contributed by atoms with Gasteiger partial charge in [0.25, 0.3) is 0 Å². The van der Waals surface area contributed by atoms with Gasteiger partial charge in [-0.1, -0.05) is 6.07 Å². The van der Waals surface area contributed by atoms with E-state index in [0.717, 1.165) is 41.3 Å². The van der Waals surface area contributed by atoms with Crippen molar-refractivity contribution in [1.82, 2.24) is 14.3 Å². The Morgan fingerprint density at radius 1 is 1.43 bits per heavy atom. The normalized spacial score (nSPS) is 18.0. The van der Waals surface area contributed by atoms with E-state index in [1.807, 2.05) is 13.0 Å². The van der Waals surface area contributed by atoms with Gasteiger partial charge in [0.2, 0.25) is 11.0 Å². The summed E-state index contributed by atoms with van der Waals surface area (Å²) in [5, 5.41) is 14.0. The van der Waals surface area contributed by atoms with Crippen LogP contribution in [-0.2, 0) is 16.1 Å². The fourth-order valence-corrected chi connectivity index (χ4v) is 4.55. The van der Waals surface area contributed by atoms with E-state index >= 15 is 0 Å². The fourth-order valence-electron chi connectivity index (χ4n) is 4.00. The molecule has 0 saturated carbocycles. The third kappa shape index (κ3) is 4.16. The number of carbonyl (C=O) groups excluding carboxylic acids is 2. The van der Waals surface area contributed by atoms with E-state index in [0.29, 0.717) is 30.1 Å². The first kappa shape index (κ1) is 20.7. The molecule has 1 aromatic carbocycles. The van der Waals surface area contributed by atoms with E-state index in [9.17, 15) is 14.7 Å². The van der Waals surface area contributed by atoms with Gasteiger partial charge < -0.3 is 24.8 Å². The number of β-amino-alcohol motifs (C(OH)–C–C–N with tert-alkyl or cyclic N) is 1. The second-order valence-electron chi connectivity index (χ2n) is 7.55. The summed E-state index contributed by atoms with van der Waals surface area (Å²) in [7, 11) is 1.48. The van der Waals surface area contributed by atoms with Crippen LogP contribution in [0.5, 0.6) is 6.01 Å². The summed E-state index contributed by atoms with van der Waals surface area (Å²) in [5.74, 6) is -0.465. The molecule has 2 aliphatic rings. The number of nitrogens with zero attached hydrogens (tertiary/aromatic N) is 3. The molecule has 1 amide bonds. The van der Waals surface area contributed by atoms with Gasteiger partial charge in [0.1, 0.15) is 6.61 Å². The number of fused-ring (bicyclic) bond motifs is 1. The molecule has 30 heavy (non-hydrogen) atoms. The number of aliphatic hydroxyl groups is 1. The Bertz CT molecular complexity index is 955. The Labute approximate surface area is 178 Å². The third-order valence-electron chi connectivity index (χ3n) is 5.78. The molecule has 2 aliphatic heterocycles. The number of likely N-dealkylation sites (tertiary alicyclic amines) is 1. The van der Waals surface area contributed by atoms with Gasteiger partial charge in [0, 0.05) is 29.6 Å². The van der Waals surface area contributed by atoms with Crippen molar-refractivity contribution < 1.29 is 24.2 Å². The van der Waals surface area contributed by atoms with Crippen molar-refractivity contribution in [2.75, 3.05) is 32.1 Å². The van der Waals surface area contributed by atoms with Crippen LogP contribution in [0.4, 0.5) is 5.13 Å². The molecule has 1 fully saturated rings. The minimum Gasteiger partial charge on any atom is -0.466 e. The summed E-state index contributed by atoms with van der Waals surface area (Å²) in [5.41, 5.74) is 3.17. The van der Waals surface area contributed by atoms with E-state index in [1.54, 1.807) is 6.07 Å². The molecule has 2 aromatic rings. The average Bonchev–Trinajstić information content (AvgIpc) is 3.35. The second-order valence-corrected chi connectivity index (χ2v) is 8.30. The Kier molecular flexibility index (Phi) is 5.98. The number of aromatic nitrogens is 2. The van der Waals surface area contributed by atoms with E-state index in [2.05, 4.69) is 19.6 Å². The van der Waals surface area contributed by atoms with Gasteiger partial charge in [0.05, 0.1) is 18.8 Å². The smallest absolute Gasteiger partial charge is 0.338 e. The highest BCUT2D eigenvalue weighted by Gasteiger charge is 2.29. The number of anilines is 1. The number of methoxy groups -OCH3 is 1. The molecule has 3 heterocycles. The van der Waals surface area contributed by atoms with E-state index in [1.165, 1.54) is 7.11 Å². The van der Waals surface area contributed by atoms with Crippen LogP contribution >= 0.6 is 11.5 Å². The molecule has 1 saturated heterocycles. The predicted molar refractivity (Wildman–Crippen MR) is 110 cm³/mol. The topological polar surface area (TPSA) is 114 Å². The van der Waals surface area contributed by atoms with E-state index in [-0.39, 0.29) is 30.4 Å². The molecular formula is C20H24N4O5S. The van der Waals surface area contributed by atoms with Crippen LogP contribution in [0.1, 0.15) is 46.0 Å². The number of benzene rings is 1. The van der Waals surface area contributed by atoms with Crippen LogP contribution in [0.3, 0.4) is 0 Å². The molecule has 0 bridgehead atoms. The minimum atomic E-state index is -0.662. The molecule has 10 heteroatoms. The summed E-state index contributed by atoms with van der Waals surface area (Å²) in [6.07, 6.45) is 0.755. The van der Waals surface area contributed by atoms with Gasteiger partial charge >= 0.3 is 12.0 Å². The number of aliphatic hydroxyl groups excluding tert-OH is 1. The van der Waals surface area contributed by atoms with Crippen LogP contribution in [0.2, 0.25) is 0 Å². The van der Waals surface area contributed by atoms with Crippen LogP contribution in [-0.4, -0.2) is 58.0 Å². The standard InChI is InChI=1S/C20H24N4O5S/c1-11-13(3-4-14-15(11)10-29-18(14)27)16(25)9-24-7-5-12(6-8-24)17(26)21-20-22-19(28-2)23-30-20/h3-4,12,16,25H,5-10H2,1-2H3,(H,21,22,23,26). The van der Waals surface area contributed by atoms with Gasteiger partial charge in [-0.25, -0.2) is 4.79 Å².